The lowest BCUT2D eigenvalue weighted by atomic mass is 10.2. The number of methoxy groups -OCH3 is 2. The molecule has 0 radical (unpaired) electrons. The average Bonchev–Trinajstić information content (AvgIpc) is 2.69. The van der Waals surface area contributed by atoms with Crippen LogP contribution in [0.4, 0.5) is 10.5 Å². The molecule has 0 bridgehead atoms. The van der Waals surface area contributed by atoms with Gasteiger partial charge in [0.25, 0.3) is 0 Å². The molecular weight excluding hydrogens is 330 g/mol. The van der Waals surface area contributed by atoms with E-state index in [2.05, 4.69) is 22.3 Å². The van der Waals surface area contributed by atoms with Gasteiger partial charge in [-0.15, -0.1) is 0 Å². The number of ether oxygens (including phenoxy) is 2. The van der Waals surface area contributed by atoms with Gasteiger partial charge in [-0.3, -0.25) is 4.90 Å². The van der Waals surface area contributed by atoms with E-state index in [-0.39, 0.29) is 6.03 Å². The van der Waals surface area contributed by atoms with Crippen LogP contribution in [0.1, 0.15) is 5.56 Å². The van der Waals surface area contributed by atoms with Crippen molar-refractivity contribution < 1.29 is 14.3 Å². The van der Waals surface area contributed by atoms with E-state index >= 15 is 0 Å². The lowest BCUT2D eigenvalue weighted by Crippen LogP contribution is -2.49. The van der Waals surface area contributed by atoms with Gasteiger partial charge in [0, 0.05) is 44.5 Å². The molecule has 2 aromatic rings. The molecule has 1 heterocycles. The topological polar surface area (TPSA) is 54.0 Å². The summed E-state index contributed by atoms with van der Waals surface area (Å²) in [4.78, 5) is 16.7. The molecule has 1 aliphatic heterocycles. The first-order valence-corrected chi connectivity index (χ1v) is 8.73. The highest BCUT2D eigenvalue weighted by molar-refractivity contribution is 5.89. The number of piperazine rings is 1. The number of benzene rings is 2. The van der Waals surface area contributed by atoms with E-state index in [1.807, 2.05) is 41.3 Å². The van der Waals surface area contributed by atoms with Crippen molar-refractivity contribution in [2.75, 3.05) is 45.7 Å². The predicted molar refractivity (Wildman–Crippen MR) is 102 cm³/mol. The molecule has 6 nitrogen and oxygen atoms in total. The number of anilines is 1. The summed E-state index contributed by atoms with van der Waals surface area (Å²) in [5, 5.41) is 2.94. The molecule has 2 amide bonds. The van der Waals surface area contributed by atoms with Crippen LogP contribution in [0.2, 0.25) is 0 Å². The van der Waals surface area contributed by atoms with Crippen LogP contribution in [0.25, 0.3) is 0 Å². The molecule has 0 aromatic heterocycles. The highest BCUT2D eigenvalue weighted by atomic mass is 16.5. The Balaban J connectivity index is 1.48. The number of nitrogens with zero attached hydrogens (tertiary/aromatic N) is 2. The highest BCUT2D eigenvalue weighted by Gasteiger charge is 2.21. The zero-order valence-electron chi connectivity index (χ0n) is 15.3. The van der Waals surface area contributed by atoms with Crippen LogP contribution in [0, 0.1) is 0 Å². The fourth-order valence-electron chi connectivity index (χ4n) is 3.00. The number of carbonyl (C=O) groups is 1. The molecule has 1 fully saturated rings. The summed E-state index contributed by atoms with van der Waals surface area (Å²) in [5.41, 5.74) is 2.00. The van der Waals surface area contributed by atoms with Gasteiger partial charge in [0.1, 0.15) is 11.5 Å². The minimum Gasteiger partial charge on any atom is -0.497 e. The van der Waals surface area contributed by atoms with Gasteiger partial charge in [-0.1, -0.05) is 18.2 Å². The molecule has 1 aliphatic rings. The summed E-state index contributed by atoms with van der Waals surface area (Å²) < 4.78 is 10.4. The van der Waals surface area contributed by atoms with Crippen LogP contribution >= 0.6 is 0 Å². The number of hydrogen-bond acceptors (Lipinski definition) is 4. The summed E-state index contributed by atoms with van der Waals surface area (Å²) in [7, 11) is 3.29. The fraction of sp³-hybridized carbons (Fsp3) is 0.350. The van der Waals surface area contributed by atoms with Crippen molar-refractivity contribution in [2.24, 2.45) is 0 Å². The van der Waals surface area contributed by atoms with E-state index in [0.717, 1.165) is 36.8 Å². The molecule has 0 aliphatic carbocycles. The Hall–Kier alpha value is -2.73. The van der Waals surface area contributed by atoms with Gasteiger partial charge in [-0.25, -0.2) is 4.79 Å². The lowest BCUT2D eigenvalue weighted by molar-refractivity contribution is 0.143. The summed E-state index contributed by atoms with van der Waals surface area (Å²) >= 11 is 0. The fourth-order valence-corrected chi connectivity index (χ4v) is 3.00. The van der Waals surface area contributed by atoms with Crippen LogP contribution in [0.15, 0.2) is 48.5 Å². The Morgan fingerprint density at radius 1 is 0.962 bits per heavy atom. The third-order valence-corrected chi connectivity index (χ3v) is 4.55. The molecular formula is C20H25N3O3. The molecule has 2 aromatic carbocycles. The number of rotatable bonds is 5. The van der Waals surface area contributed by atoms with Crippen molar-refractivity contribution in [3.8, 4) is 11.5 Å². The Morgan fingerprint density at radius 2 is 1.65 bits per heavy atom. The SMILES string of the molecule is COc1ccc(CN2CCN(C(=O)Nc3cccc(OC)c3)CC2)cc1. The van der Waals surface area contributed by atoms with E-state index < -0.39 is 0 Å². The number of hydrogen-bond donors (Lipinski definition) is 1. The Morgan fingerprint density at radius 3 is 2.31 bits per heavy atom. The largest absolute Gasteiger partial charge is 0.497 e. The van der Waals surface area contributed by atoms with Gasteiger partial charge < -0.3 is 19.7 Å². The maximum absolute atomic E-state index is 12.4. The summed E-state index contributed by atoms with van der Waals surface area (Å²) in [6.07, 6.45) is 0. The van der Waals surface area contributed by atoms with E-state index in [4.69, 9.17) is 9.47 Å². The van der Waals surface area contributed by atoms with Crippen molar-refractivity contribution in [1.82, 2.24) is 9.80 Å². The van der Waals surface area contributed by atoms with Crippen LogP contribution < -0.4 is 14.8 Å². The van der Waals surface area contributed by atoms with Crippen LogP contribution in [0.5, 0.6) is 11.5 Å². The maximum Gasteiger partial charge on any atom is 0.321 e. The summed E-state index contributed by atoms with van der Waals surface area (Å²) in [5.74, 6) is 1.60. The normalized spacial score (nSPS) is 14.8. The van der Waals surface area contributed by atoms with Gasteiger partial charge in [0.2, 0.25) is 0 Å². The molecule has 0 atom stereocenters. The number of amides is 2. The van der Waals surface area contributed by atoms with Gasteiger partial charge in [-0.05, 0) is 29.8 Å². The minimum absolute atomic E-state index is 0.0673. The van der Waals surface area contributed by atoms with Gasteiger partial charge in [0.05, 0.1) is 14.2 Å². The van der Waals surface area contributed by atoms with E-state index in [1.54, 1.807) is 14.2 Å². The highest BCUT2D eigenvalue weighted by Crippen LogP contribution is 2.18. The second-order valence-corrected chi connectivity index (χ2v) is 6.27. The molecule has 0 saturated carbocycles. The Bertz CT molecular complexity index is 725. The third-order valence-electron chi connectivity index (χ3n) is 4.55. The zero-order valence-corrected chi connectivity index (χ0v) is 15.3. The standard InChI is InChI=1S/C20H25N3O3/c1-25-18-8-6-16(7-9-18)15-22-10-12-23(13-11-22)20(24)21-17-4-3-5-19(14-17)26-2/h3-9,14H,10-13,15H2,1-2H3,(H,21,24). The van der Waals surface area contributed by atoms with Gasteiger partial charge >= 0.3 is 6.03 Å². The summed E-state index contributed by atoms with van der Waals surface area (Å²) in [6, 6.07) is 15.5. The van der Waals surface area contributed by atoms with Crippen molar-refractivity contribution in [2.45, 2.75) is 6.54 Å². The maximum atomic E-state index is 12.4. The third kappa shape index (κ3) is 4.67. The quantitative estimate of drug-likeness (QED) is 0.896. The molecule has 1 saturated heterocycles. The Kier molecular flexibility index (Phi) is 5.96. The molecule has 0 spiro atoms. The molecule has 3 rings (SSSR count). The Labute approximate surface area is 154 Å². The van der Waals surface area contributed by atoms with Crippen molar-refractivity contribution in [3.63, 3.8) is 0 Å². The second kappa shape index (κ2) is 8.58. The molecule has 1 N–H and O–H groups in total. The molecule has 6 heteroatoms. The average molecular weight is 355 g/mol. The van der Waals surface area contributed by atoms with Crippen LogP contribution in [-0.2, 0) is 6.54 Å². The zero-order chi connectivity index (χ0) is 18.4. The lowest BCUT2D eigenvalue weighted by Gasteiger charge is -2.34. The number of carbonyl (C=O) groups excluding carboxylic acids is 1. The molecule has 0 unspecified atom stereocenters. The van der Waals surface area contributed by atoms with Gasteiger partial charge in [-0.2, -0.15) is 0 Å². The van der Waals surface area contributed by atoms with Crippen LogP contribution in [0.3, 0.4) is 0 Å². The van der Waals surface area contributed by atoms with E-state index in [1.165, 1.54) is 5.56 Å². The minimum atomic E-state index is -0.0673. The summed E-state index contributed by atoms with van der Waals surface area (Å²) in [6.45, 7) is 4.03. The first-order valence-electron chi connectivity index (χ1n) is 8.73. The van der Waals surface area contributed by atoms with Gasteiger partial charge in [0.15, 0.2) is 0 Å². The second-order valence-electron chi connectivity index (χ2n) is 6.27. The first kappa shape index (κ1) is 18.1. The van der Waals surface area contributed by atoms with Crippen LogP contribution in [-0.4, -0.2) is 56.2 Å². The van der Waals surface area contributed by atoms with Crippen molar-refractivity contribution in [1.29, 1.82) is 0 Å². The predicted octanol–water partition coefficient (Wildman–Crippen LogP) is 3.05. The first-order chi connectivity index (χ1) is 12.7. The molecule has 138 valence electrons. The van der Waals surface area contributed by atoms with E-state index in [0.29, 0.717) is 13.1 Å². The smallest absolute Gasteiger partial charge is 0.321 e. The number of urea groups is 1. The van der Waals surface area contributed by atoms with E-state index in [9.17, 15) is 4.79 Å². The van der Waals surface area contributed by atoms with Crippen molar-refractivity contribution >= 4 is 11.7 Å². The monoisotopic (exact) mass is 355 g/mol. The number of nitrogens with one attached hydrogen (secondary N) is 1. The molecule has 26 heavy (non-hydrogen) atoms. The van der Waals surface area contributed by atoms with Crippen molar-refractivity contribution in [3.05, 3.63) is 54.1 Å².